The molecule has 3 aromatic rings. The number of rotatable bonds is 12. The summed E-state index contributed by atoms with van der Waals surface area (Å²) in [6.07, 6.45) is 1.99. The maximum Gasteiger partial charge on any atom is 0.137 e. The standard InChI is InChI=1S/C29H34ClNO4.CH2Cl2.BrH/c1-32-28-13-8-23(18-27(28)30)21-35-29-19-31-15-14-26(29)24-9-11-25(12-10-24)34-17-5-16-33-20-22-6-3-2-4-7-22;2-1-3;/h2-4,6-13,18,26,29,31H,5,14-17,19-21H2,1H3;1H2;1H. The van der Waals surface area contributed by atoms with Crippen LogP contribution in [-0.2, 0) is 22.7 Å². The van der Waals surface area contributed by atoms with Gasteiger partial charge < -0.3 is 24.3 Å². The lowest BCUT2D eigenvalue weighted by Gasteiger charge is -2.32. The van der Waals surface area contributed by atoms with Gasteiger partial charge in [0.1, 0.15) is 11.5 Å². The molecule has 9 heteroatoms. The van der Waals surface area contributed by atoms with Crippen molar-refractivity contribution >= 4 is 51.8 Å². The summed E-state index contributed by atoms with van der Waals surface area (Å²) in [5.74, 6) is 1.90. The van der Waals surface area contributed by atoms with Gasteiger partial charge in [0.25, 0.3) is 0 Å². The van der Waals surface area contributed by atoms with Crippen LogP contribution in [0.1, 0.15) is 35.4 Å². The summed E-state index contributed by atoms with van der Waals surface area (Å²) < 4.78 is 23.2. The average molecular weight is 662 g/mol. The maximum atomic E-state index is 6.32. The van der Waals surface area contributed by atoms with Crippen LogP contribution in [0.5, 0.6) is 11.5 Å². The van der Waals surface area contributed by atoms with Crippen molar-refractivity contribution in [1.29, 1.82) is 0 Å². The quantitative estimate of drug-likeness (QED) is 0.158. The first kappa shape index (κ1) is 33.7. The van der Waals surface area contributed by atoms with Gasteiger partial charge in [-0.15, -0.1) is 40.2 Å². The van der Waals surface area contributed by atoms with Crippen LogP contribution < -0.4 is 14.8 Å². The Morgan fingerprint density at radius 2 is 1.64 bits per heavy atom. The van der Waals surface area contributed by atoms with Gasteiger partial charge in [-0.25, -0.2) is 0 Å². The topological polar surface area (TPSA) is 49.0 Å². The molecule has 3 aromatic carbocycles. The second-order valence-electron chi connectivity index (χ2n) is 8.83. The molecule has 39 heavy (non-hydrogen) atoms. The fourth-order valence-corrected chi connectivity index (χ4v) is 4.60. The number of alkyl halides is 2. The molecule has 0 spiro atoms. The minimum absolute atomic E-state index is 0. The van der Waals surface area contributed by atoms with Gasteiger partial charge in [-0.3, -0.25) is 0 Å². The summed E-state index contributed by atoms with van der Waals surface area (Å²) in [6, 6.07) is 24.4. The third-order valence-electron chi connectivity index (χ3n) is 6.23. The van der Waals surface area contributed by atoms with Crippen LogP contribution in [0.25, 0.3) is 0 Å². The van der Waals surface area contributed by atoms with Gasteiger partial charge in [-0.2, -0.15) is 0 Å². The number of halogens is 4. The van der Waals surface area contributed by atoms with E-state index in [-0.39, 0.29) is 28.4 Å². The Morgan fingerprint density at radius 1 is 0.897 bits per heavy atom. The van der Waals surface area contributed by atoms with Crippen molar-refractivity contribution in [2.24, 2.45) is 0 Å². The third-order valence-corrected chi connectivity index (χ3v) is 6.52. The van der Waals surface area contributed by atoms with Crippen molar-refractivity contribution in [1.82, 2.24) is 5.32 Å². The third kappa shape index (κ3) is 11.9. The van der Waals surface area contributed by atoms with Crippen molar-refractivity contribution in [3.05, 3.63) is 94.5 Å². The van der Waals surface area contributed by atoms with E-state index in [9.17, 15) is 0 Å². The van der Waals surface area contributed by atoms with Gasteiger partial charge in [-0.05, 0) is 53.9 Å². The van der Waals surface area contributed by atoms with Crippen LogP contribution in [0.2, 0.25) is 5.02 Å². The fraction of sp³-hybridized carbons (Fsp3) is 0.400. The molecule has 5 nitrogen and oxygen atoms in total. The molecule has 1 heterocycles. The van der Waals surface area contributed by atoms with E-state index < -0.39 is 0 Å². The van der Waals surface area contributed by atoms with Crippen molar-refractivity contribution in [3.8, 4) is 11.5 Å². The average Bonchev–Trinajstić information content (AvgIpc) is 2.95. The lowest BCUT2D eigenvalue weighted by molar-refractivity contribution is 0.0106. The van der Waals surface area contributed by atoms with Crippen LogP contribution >= 0.6 is 51.8 Å². The zero-order chi connectivity index (χ0) is 27.0. The first-order valence-electron chi connectivity index (χ1n) is 12.8. The Hall–Kier alpha value is -1.51. The highest BCUT2D eigenvalue weighted by atomic mass is 79.9. The highest BCUT2D eigenvalue weighted by Crippen LogP contribution is 2.31. The first-order chi connectivity index (χ1) is 18.6. The van der Waals surface area contributed by atoms with E-state index in [1.165, 1.54) is 11.1 Å². The first-order valence-corrected chi connectivity index (χ1v) is 14.2. The number of nitrogens with one attached hydrogen (secondary N) is 1. The molecule has 1 aliphatic heterocycles. The van der Waals surface area contributed by atoms with E-state index in [4.69, 9.17) is 53.8 Å². The molecule has 1 aliphatic rings. The van der Waals surface area contributed by atoms with Crippen molar-refractivity contribution in [3.63, 3.8) is 0 Å². The van der Waals surface area contributed by atoms with Crippen molar-refractivity contribution in [2.75, 3.05) is 38.8 Å². The molecule has 0 aliphatic carbocycles. The summed E-state index contributed by atoms with van der Waals surface area (Å²) in [5, 5.41) is 4.26. The molecule has 214 valence electrons. The maximum absolute atomic E-state index is 6.32. The van der Waals surface area contributed by atoms with Gasteiger partial charge >= 0.3 is 0 Å². The minimum atomic E-state index is 0. The number of piperidine rings is 1. The Morgan fingerprint density at radius 3 is 2.33 bits per heavy atom. The second kappa shape index (κ2) is 19.5. The van der Waals surface area contributed by atoms with E-state index in [1.54, 1.807) is 7.11 Å². The fourth-order valence-electron chi connectivity index (χ4n) is 4.32. The van der Waals surface area contributed by atoms with Crippen LogP contribution in [0, 0.1) is 0 Å². The summed E-state index contributed by atoms with van der Waals surface area (Å²) in [7, 11) is 1.62. The van der Waals surface area contributed by atoms with Gasteiger partial charge in [0.05, 0.1) is 50.0 Å². The number of hydrogen-bond donors (Lipinski definition) is 1. The summed E-state index contributed by atoms with van der Waals surface area (Å²) in [5.41, 5.74) is 3.51. The van der Waals surface area contributed by atoms with Crippen LogP contribution in [0.3, 0.4) is 0 Å². The van der Waals surface area contributed by atoms with Gasteiger partial charge in [0, 0.05) is 18.9 Å². The molecule has 0 radical (unpaired) electrons. The number of methoxy groups -OCH3 is 1. The molecule has 0 saturated carbocycles. The zero-order valence-corrected chi connectivity index (χ0v) is 26.1. The molecule has 1 saturated heterocycles. The predicted octanol–water partition coefficient (Wildman–Crippen LogP) is 8.00. The Bertz CT molecular complexity index is 1060. The molecule has 1 N–H and O–H groups in total. The Labute approximate surface area is 257 Å². The molecule has 2 unspecified atom stereocenters. The highest BCUT2D eigenvalue weighted by molar-refractivity contribution is 8.93. The number of benzene rings is 3. The Balaban J connectivity index is 0.00000127. The van der Waals surface area contributed by atoms with E-state index in [1.807, 2.05) is 36.4 Å². The molecule has 0 amide bonds. The molecule has 0 bridgehead atoms. The highest BCUT2D eigenvalue weighted by Gasteiger charge is 2.27. The number of hydrogen-bond acceptors (Lipinski definition) is 5. The summed E-state index contributed by atoms with van der Waals surface area (Å²) >= 11 is 15.8. The lowest BCUT2D eigenvalue weighted by Crippen LogP contribution is -2.40. The van der Waals surface area contributed by atoms with E-state index in [0.717, 1.165) is 37.2 Å². The van der Waals surface area contributed by atoms with Crippen molar-refractivity contribution in [2.45, 2.75) is 38.1 Å². The minimum Gasteiger partial charge on any atom is -0.495 e. The zero-order valence-electron chi connectivity index (χ0n) is 22.1. The molecule has 4 rings (SSSR count). The van der Waals surface area contributed by atoms with Gasteiger partial charge in [0.15, 0.2) is 0 Å². The SMILES string of the molecule is Br.COc1ccc(COC2CNCCC2c2ccc(OCCCOCc3ccccc3)cc2)cc1Cl.ClCCl. The molecule has 1 fully saturated rings. The number of ether oxygens (including phenoxy) is 4. The van der Waals surface area contributed by atoms with Crippen LogP contribution in [0.4, 0.5) is 0 Å². The monoisotopic (exact) mass is 659 g/mol. The lowest BCUT2D eigenvalue weighted by atomic mass is 9.87. The van der Waals surface area contributed by atoms with Crippen LogP contribution in [-0.4, -0.2) is 44.9 Å². The summed E-state index contributed by atoms with van der Waals surface area (Å²) in [6.45, 7) is 4.29. The van der Waals surface area contributed by atoms with Crippen LogP contribution in [0.15, 0.2) is 72.8 Å². The van der Waals surface area contributed by atoms with E-state index in [0.29, 0.717) is 43.1 Å². The smallest absolute Gasteiger partial charge is 0.137 e. The van der Waals surface area contributed by atoms with Gasteiger partial charge in [-0.1, -0.05) is 60.1 Å². The second-order valence-corrected chi connectivity index (χ2v) is 10.0. The van der Waals surface area contributed by atoms with Crippen molar-refractivity contribution < 1.29 is 18.9 Å². The largest absolute Gasteiger partial charge is 0.495 e. The predicted molar refractivity (Wildman–Crippen MR) is 166 cm³/mol. The summed E-state index contributed by atoms with van der Waals surface area (Å²) in [4.78, 5) is 0. The van der Waals surface area contributed by atoms with E-state index >= 15 is 0 Å². The molecule has 2 atom stereocenters. The molecular weight excluding hydrogens is 625 g/mol. The Kier molecular flexibility index (Phi) is 16.9. The normalized spacial score (nSPS) is 16.4. The van der Waals surface area contributed by atoms with E-state index in [2.05, 4.69) is 41.7 Å². The molecular formula is C30H37BrCl3NO4. The molecule has 0 aromatic heterocycles. The van der Waals surface area contributed by atoms with Gasteiger partial charge in [0.2, 0.25) is 0 Å².